The maximum atomic E-state index is 13.0. The highest BCUT2D eigenvalue weighted by molar-refractivity contribution is 6.14. The number of likely N-dealkylation sites (tertiary alicyclic amines) is 1. The zero-order valence-corrected chi connectivity index (χ0v) is 12.1. The van der Waals surface area contributed by atoms with Gasteiger partial charge in [0.2, 0.25) is 17.7 Å². The molecule has 0 spiro atoms. The quantitative estimate of drug-likeness (QED) is 0.582. The van der Waals surface area contributed by atoms with Gasteiger partial charge in [-0.15, -0.1) is 0 Å². The molecule has 2 aliphatic rings. The standard InChI is InChI=1S/C15H14FN3O4/c16-11-2-1-3-12(17-11)23-10-6-7-18(8-10)15(22)9-19-13(20)4-5-14(19)21/h1-5,10H,6-9H2. The van der Waals surface area contributed by atoms with Crippen LogP contribution in [0.1, 0.15) is 6.42 Å². The van der Waals surface area contributed by atoms with Crippen molar-refractivity contribution in [3.63, 3.8) is 0 Å². The van der Waals surface area contributed by atoms with E-state index >= 15 is 0 Å². The van der Waals surface area contributed by atoms with Gasteiger partial charge in [0, 0.05) is 31.2 Å². The summed E-state index contributed by atoms with van der Waals surface area (Å²) in [6.07, 6.45) is 2.56. The number of hydrogen-bond donors (Lipinski definition) is 0. The van der Waals surface area contributed by atoms with Gasteiger partial charge in [-0.25, -0.2) is 0 Å². The summed E-state index contributed by atoms with van der Waals surface area (Å²) in [5.41, 5.74) is 0. The molecular weight excluding hydrogens is 305 g/mol. The van der Waals surface area contributed by atoms with E-state index in [0.717, 1.165) is 17.1 Å². The SMILES string of the molecule is O=C(CN1C(=O)C=CC1=O)N1CCC(Oc2cccc(F)n2)C1. The Morgan fingerprint density at radius 1 is 1.30 bits per heavy atom. The average molecular weight is 319 g/mol. The Hall–Kier alpha value is -2.77. The maximum Gasteiger partial charge on any atom is 0.254 e. The van der Waals surface area contributed by atoms with Crippen LogP contribution in [0.2, 0.25) is 0 Å². The molecule has 0 saturated carbocycles. The first-order valence-electron chi connectivity index (χ1n) is 7.13. The number of amides is 3. The van der Waals surface area contributed by atoms with Crippen LogP contribution in [-0.2, 0) is 14.4 Å². The fourth-order valence-electron chi connectivity index (χ4n) is 2.50. The molecule has 8 heteroatoms. The fourth-order valence-corrected chi connectivity index (χ4v) is 2.50. The Kier molecular flexibility index (Phi) is 4.05. The molecule has 3 rings (SSSR count). The lowest BCUT2D eigenvalue weighted by Gasteiger charge is -2.20. The molecule has 0 bridgehead atoms. The van der Waals surface area contributed by atoms with E-state index in [2.05, 4.69) is 4.98 Å². The molecule has 1 aromatic rings. The highest BCUT2D eigenvalue weighted by Gasteiger charge is 2.32. The fraction of sp³-hybridized carbons (Fsp3) is 0.333. The van der Waals surface area contributed by atoms with Gasteiger partial charge in [0.15, 0.2) is 0 Å². The molecule has 23 heavy (non-hydrogen) atoms. The van der Waals surface area contributed by atoms with E-state index in [-0.39, 0.29) is 24.4 Å². The van der Waals surface area contributed by atoms with Gasteiger partial charge in [-0.2, -0.15) is 9.37 Å². The first-order chi connectivity index (χ1) is 11.0. The zero-order chi connectivity index (χ0) is 16.4. The van der Waals surface area contributed by atoms with Crippen LogP contribution in [0.4, 0.5) is 4.39 Å². The molecule has 3 amide bonds. The zero-order valence-electron chi connectivity index (χ0n) is 12.1. The molecule has 1 unspecified atom stereocenters. The van der Waals surface area contributed by atoms with Crippen molar-refractivity contribution in [3.05, 3.63) is 36.3 Å². The van der Waals surface area contributed by atoms with E-state index in [1.807, 2.05) is 0 Å². The molecule has 120 valence electrons. The molecule has 3 heterocycles. The lowest BCUT2D eigenvalue weighted by atomic mass is 10.3. The first-order valence-corrected chi connectivity index (χ1v) is 7.13. The normalized spacial score (nSPS) is 20.5. The molecule has 0 aliphatic carbocycles. The summed E-state index contributed by atoms with van der Waals surface area (Å²) in [4.78, 5) is 41.1. The van der Waals surface area contributed by atoms with Gasteiger partial charge in [0.25, 0.3) is 11.8 Å². The lowest BCUT2D eigenvalue weighted by molar-refractivity contribution is -0.144. The average Bonchev–Trinajstić information content (AvgIpc) is 3.09. The third-order valence-electron chi connectivity index (χ3n) is 3.67. The minimum atomic E-state index is -0.632. The van der Waals surface area contributed by atoms with Crippen molar-refractivity contribution in [1.82, 2.24) is 14.8 Å². The van der Waals surface area contributed by atoms with Gasteiger partial charge in [-0.05, 0) is 6.07 Å². The predicted molar refractivity (Wildman–Crippen MR) is 75.7 cm³/mol. The number of halogens is 1. The van der Waals surface area contributed by atoms with Crippen molar-refractivity contribution in [2.45, 2.75) is 12.5 Å². The van der Waals surface area contributed by atoms with Crippen LogP contribution in [-0.4, -0.2) is 58.2 Å². The summed E-state index contributed by atoms with van der Waals surface area (Å²) in [6.45, 7) is 0.471. The summed E-state index contributed by atoms with van der Waals surface area (Å²) < 4.78 is 18.6. The Balaban J connectivity index is 1.54. The Labute approximate surface area is 131 Å². The second-order valence-corrected chi connectivity index (χ2v) is 5.26. The van der Waals surface area contributed by atoms with Crippen LogP contribution in [0.3, 0.4) is 0 Å². The van der Waals surface area contributed by atoms with Gasteiger partial charge in [0.1, 0.15) is 12.6 Å². The molecule has 0 radical (unpaired) electrons. The van der Waals surface area contributed by atoms with E-state index in [0.29, 0.717) is 19.5 Å². The van der Waals surface area contributed by atoms with Crippen molar-refractivity contribution in [1.29, 1.82) is 0 Å². The topological polar surface area (TPSA) is 79.8 Å². The van der Waals surface area contributed by atoms with E-state index in [1.54, 1.807) is 6.07 Å². The first kappa shape index (κ1) is 15.1. The van der Waals surface area contributed by atoms with Crippen molar-refractivity contribution < 1.29 is 23.5 Å². The van der Waals surface area contributed by atoms with Gasteiger partial charge < -0.3 is 9.64 Å². The van der Waals surface area contributed by atoms with E-state index in [4.69, 9.17) is 4.74 Å². The molecule has 2 aliphatic heterocycles. The molecule has 1 atom stereocenters. The molecule has 0 N–H and O–H groups in total. The van der Waals surface area contributed by atoms with Gasteiger partial charge in [-0.3, -0.25) is 19.3 Å². The van der Waals surface area contributed by atoms with Crippen LogP contribution < -0.4 is 4.74 Å². The Morgan fingerprint density at radius 3 is 2.74 bits per heavy atom. The van der Waals surface area contributed by atoms with Crippen LogP contribution in [0.5, 0.6) is 5.88 Å². The number of ether oxygens (including phenoxy) is 1. The number of carbonyl (C=O) groups is 3. The third kappa shape index (κ3) is 3.36. The largest absolute Gasteiger partial charge is 0.472 e. The summed E-state index contributed by atoms with van der Waals surface area (Å²) in [5.74, 6) is -1.77. The molecule has 1 aromatic heterocycles. The Bertz CT molecular complexity index is 673. The number of hydrogen-bond acceptors (Lipinski definition) is 5. The van der Waals surface area contributed by atoms with Crippen LogP contribution in [0, 0.1) is 5.95 Å². The van der Waals surface area contributed by atoms with Crippen molar-refractivity contribution in [2.24, 2.45) is 0 Å². The van der Waals surface area contributed by atoms with Crippen LogP contribution >= 0.6 is 0 Å². The van der Waals surface area contributed by atoms with Gasteiger partial charge in [0.05, 0.1) is 6.54 Å². The number of aromatic nitrogens is 1. The maximum absolute atomic E-state index is 13.0. The second kappa shape index (κ2) is 6.15. The summed E-state index contributed by atoms with van der Waals surface area (Å²) in [6, 6.07) is 4.25. The molecular formula is C15H14FN3O4. The van der Waals surface area contributed by atoms with Crippen molar-refractivity contribution in [2.75, 3.05) is 19.6 Å². The number of nitrogens with zero attached hydrogens (tertiary/aromatic N) is 3. The van der Waals surface area contributed by atoms with Gasteiger partial charge in [-0.1, -0.05) is 6.07 Å². The lowest BCUT2D eigenvalue weighted by Crippen LogP contribution is -2.42. The van der Waals surface area contributed by atoms with Gasteiger partial charge >= 0.3 is 0 Å². The van der Waals surface area contributed by atoms with Crippen molar-refractivity contribution in [3.8, 4) is 5.88 Å². The smallest absolute Gasteiger partial charge is 0.254 e. The monoisotopic (exact) mass is 319 g/mol. The molecule has 1 saturated heterocycles. The number of rotatable bonds is 4. The molecule has 0 aromatic carbocycles. The third-order valence-corrected chi connectivity index (χ3v) is 3.67. The van der Waals surface area contributed by atoms with Crippen molar-refractivity contribution >= 4 is 17.7 Å². The molecule has 7 nitrogen and oxygen atoms in total. The number of carbonyl (C=O) groups excluding carboxylic acids is 3. The summed E-state index contributed by atoms with van der Waals surface area (Å²) in [7, 11) is 0. The second-order valence-electron chi connectivity index (χ2n) is 5.26. The van der Waals surface area contributed by atoms with E-state index < -0.39 is 17.8 Å². The minimum Gasteiger partial charge on any atom is -0.472 e. The van der Waals surface area contributed by atoms with E-state index in [1.165, 1.54) is 17.0 Å². The van der Waals surface area contributed by atoms with Crippen LogP contribution in [0.15, 0.2) is 30.4 Å². The number of imide groups is 1. The molecule has 1 fully saturated rings. The Morgan fingerprint density at radius 2 is 2.04 bits per heavy atom. The highest BCUT2D eigenvalue weighted by atomic mass is 19.1. The summed E-state index contributed by atoms with van der Waals surface area (Å²) in [5, 5.41) is 0. The minimum absolute atomic E-state index is 0.165. The highest BCUT2D eigenvalue weighted by Crippen LogP contribution is 2.17. The summed E-state index contributed by atoms with van der Waals surface area (Å²) >= 11 is 0. The van der Waals surface area contributed by atoms with Crippen LogP contribution in [0.25, 0.3) is 0 Å². The number of pyridine rings is 1. The predicted octanol–water partition coefficient (Wildman–Crippen LogP) is 0.125. The van der Waals surface area contributed by atoms with E-state index in [9.17, 15) is 18.8 Å².